The van der Waals surface area contributed by atoms with Gasteiger partial charge in [0.05, 0.1) is 21.5 Å². The molecule has 8 heterocycles. The summed E-state index contributed by atoms with van der Waals surface area (Å²) in [5, 5.41) is 8.23. The number of carbonyl (C=O) groups is 2. The van der Waals surface area contributed by atoms with Crippen molar-refractivity contribution in [3.8, 4) is 23.0 Å². The first-order valence-corrected chi connectivity index (χ1v) is 21.6. The number of benzene rings is 6. The van der Waals surface area contributed by atoms with Gasteiger partial charge in [-0.15, -0.1) is 0 Å². The van der Waals surface area contributed by atoms with E-state index >= 15 is 0 Å². The van der Waals surface area contributed by atoms with Gasteiger partial charge in [0.2, 0.25) is 11.8 Å². The van der Waals surface area contributed by atoms with Crippen molar-refractivity contribution < 1.29 is 36.7 Å². The van der Waals surface area contributed by atoms with Gasteiger partial charge in [0.1, 0.15) is 55.4 Å². The van der Waals surface area contributed by atoms with Crippen molar-refractivity contribution in [1.29, 1.82) is 0 Å². The summed E-state index contributed by atoms with van der Waals surface area (Å²) in [5.74, 6) is -0.589. The monoisotopic (exact) mass is 938 g/mol. The quantitative estimate of drug-likeness (QED) is 0.137. The van der Waals surface area contributed by atoms with Gasteiger partial charge in [-0.25, -0.2) is 19.2 Å². The Bertz CT molecular complexity index is 3780. The van der Waals surface area contributed by atoms with Crippen molar-refractivity contribution in [1.82, 2.24) is 0 Å². The lowest BCUT2D eigenvalue weighted by Gasteiger charge is -2.34. The molecule has 16 heteroatoms. The molecule has 2 N–H and O–H groups in total. The second-order valence-corrected chi connectivity index (χ2v) is 17.2. The van der Waals surface area contributed by atoms with Gasteiger partial charge in [0.15, 0.2) is 23.0 Å². The molecule has 0 bridgehead atoms. The van der Waals surface area contributed by atoms with Crippen molar-refractivity contribution >= 4 is 90.3 Å². The fraction of sp³-hybridized carbons (Fsp3) is 0.0385. The minimum Gasteiger partial charge on any atom is -0.455 e. The van der Waals surface area contributed by atoms with Gasteiger partial charge >= 0.3 is 22.5 Å². The molecule has 328 valence electrons. The van der Waals surface area contributed by atoms with Crippen LogP contribution in [0.5, 0.6) is 23.0 Å². The smallest absolute Gasteiger partial charge is 0.345 e. The summed E-state index contributed by atoms with van der Waals surface area (Å²) in [6.07, 6.45) is 0. The Labute approximate surface area is 388 Å². The molecule has 0 unspecified atom stereocenters. The van der Waals surface area contributed by atoms with Gasteiger partial charge < -0.3 is 37.8 Å². The molecule has 4 aliphatic heterocycles. The highest BCUT2D eigenvalue weighted by Gasteiger charge is 2.61. The normalized spacial score (nSPS) is 15.0. The maximum atomic E-state index is 13.9. The van der Waals surface area contributed by atoms with Crippen LogP contribution >= 0.6 is 23.2 Å². The standard InChI is InChI=1S/2C26H12ClNO6/c2*27-12-9-10-16-15(11-12)26(25(31)28-16)19-21(13-5-1-3-7-17(13)32-23(19)29)34-22-14-6-2-4-8-18(14)33-24(30)20(22)26/h2*1-11H,(H,28,31). The molecule has 0 saturated carbocycles. The number of carbonyl (C=O) groups excluding carboxylic acids is 2. The second-order valence-electron chi connectivity index (χ2n) is 16.4. The van der Waals surface area contributed by atoms with E-state index in [0.717, 1.165) is 0 Å². The predicted octanol–water partition coefficient (Wildman–Crippen LogP) is 9.89. The van der Waals surface area contributed by atoms with Gasteiger partial charge in [-0.05, 0) is 84.9 Å². The molecule has 0 aliphatic carbocycles. The van der Waals surface area contributed by atoms with E-state index in [9.17, 15) is 28.8 Å². The molecule has 0 atom stereocenters. The largest absolute Gasteiger partial charge is 0.455 e. The van der Waals surface area contributed by atoms with Gasteiger partial charge in [0, 0.05) is 32.5 Å². The summed E-state index contributed by atoms with van der Waals surface area (Å²) in [4.78, 5) is 81.6. The van der Waals surface area contributed by atoms with Crippen LogP contribution in [0.3, 0.4) is 0 Å². The molecular formula is C52H24Cl2N2O12. The third-order valence-electron chi connectivity index (χ3n) is 12.9. The molecule has 2 amide bonds. The van der Waals surface area contributed by atoms with E-state index in [0.29, 0.717) is 76.4 Å². The van der Waals surface area contributed by atoms with Crippen LogP contribution in [0.15, 0.2) is 170 Å². The van der Waals surface area contributed by atoms with Crippen molar-refractivity contribution in [2.24, 2.45) is 0 Å². The van der Waals surface area contributed by atoms with E-state index in [4.69, 9.17) is 50.3 Å². The van der Waals surface area contributed by atoms with Gasteiger partial charge in [-0.2, -0.15) is 0 Å². The Morgan fingerprint density at radius 3 is 0.941 bits per heavy atom. The zero-order valence-corrected chi connectivity index (χ0v) is 35.9. The first kappa shape index (κ1) is 39.6. The Hall–Kier alpha value is -8.72. The van der Waals surface area contributed by atoms with Gasteiger partial charge in [0.25, 0.3) is 0 Å². The lowest BCUT2D eigenvalue weighted by atomic mass is 9.69. The SMILES string of the molecule is O=C1Nc2ccc(Cl)cc2C12c1c(c3ccccc3oc1=O)Oc1c2c(=O)oc2ccccc12.O=C1Nc2ccc(Cl)cc2C12c1c(c3ccccc3oc1=O)Oc1c2c(=O)oc2ccccc12. The third-order valence-corrected chi connectivity index (χ3v) is 13.4. The number of para-hydroxylation sites is 4. The van der Waals surface area contributed by atoms with E-state index in [1.54, 1.807) is 133 Å². The van der Waals surface area contributed by atoms with Crippen LogP contribution < -0.4 is 42.6 Å². The van der Waals surface area contributed by atoms with Crippen LogP contribution in [0.4, 0.5) is 11.4 Å². The van der Waals surface area contributed by atoms with E-state index in [2.05, 4.69) is 10.6 Å². The number of anilines is 2. The summed E-state index contributed by atoms with van der Waals surface area (Å²) in [7, 11) is 0. The van der Waals surface area contributed by atoms with Crippen molar-refractivity contribution in [2.75, 3.05) is 10.6 Å². The maximum Gasteiger partial charge on any atom is 0.345 e. The highest BCUT2D eigenvalue weighted by molar-refractivity contribution is 6.31. The van der Waals surface area contributed by atoms with Crippen molar-refractivity contribution in [2.45, 2.75) is 10.8 Å². The van der Waals surface area contributed by atoms with Crippen LogP contribution in [-0.2, 0) is 20.4 Å². The van der Waals surface area contributed by atoms with Crippen LogP contribution in [0.2, 0.25) is 10.0 Å². The number of hydrogen-bond donors (Lipinski definition) is 2. The molecule has 10 aromatic rings. The zero-order chi connectivity index (χ0) is 46.4. The summed E-state index contributed by atoms with van der Waals surface area (Å²) in [6, 6.07) is 37.1. The number of hydrogen-bond acceptors (Lipinski definition) is 12. The summed E-state index contributed by atoms with van der Waals surface area (Å²) in [6.45, 7) is 0. The molecule has 6 aromatic carbocycles. The number of fused-ring (bicyclic) bond motifs is 20. The fourth-order valence-corrected chi connectivity index (χ4v) is 10.5. The average Bonchev–Trinajstić information content (AvgIpc) is 3.77. The lowest BCUT2D eigenvalue weighted by Crippen LogP contribution is -2.46. The molecule has 0 radical (unpaired) electrons. The van der Waals surface area contributed by atoms with Crippen LogP contribution in [0.1, 0.15) is 33.4 Å². The van der Waals surface area contributed by atoms with Gasteiger partial charge in [-0.3, -0.25) is 9.59 Å². The third kappa shape index (κ3) is 5.06. The summed E-state index contributed by atoms with van der Waals surface area (Å²) < 4.78 is 35.0. The van der Waals surface area contributed by atoms with Crippen molar-refractivity contribution in [3.05, 3.63) is 219 Å². The molecule has 14 nitrogen and oxygen atoms in total. The number of rotatable bonds is 0. The van der Waals surface area contributed by atoms with Crippen LogP contribution in [0.25, 0.3) is 43.9 Å². The van der Waals surface area contributed by atoms with Gasteiger partial charge in [-0.1, -0.05) is 71.7 Å². The lowest BCUT2D eigenvalue weighted by molar-refractivity contribution is -0.119. The predicted molar refractivity (Wildman–Crippen MR) is 250 cm³/mol. The highest BCUT2D eigenvalue weighted by Crippen LogP contribution is 2.59. The Morgan fingerprint density at radius 2 is 0.647 bits per heavy atom. The Balaban J connectivity index is 0.000000134. The minimum absolute atomic E-state index is 0.0974. The van der Waals surface area contributed by atoms with Crippen molar-refractivity contribution in [3.63, 3.8) is 0 Å². The Morgan fingerprint density at radius 1 is 0.368 bits per heavy atom. The number of ether oxygens (including phenoxy) is 2. The minimum atomic E-state index is -1.88. The van der Waals surface area contributed by atoms with E-state index < -0.39 is 45.1 Å². The van der Waals surface area contributed by atoms with Crippen LogP contribution in [0, 0.1) is 0 Å². The number of halogens is 2. The Kier molecular flexibility index (Phi) is 8.10. The molecule has 68 heavy (non-hydrogen) atoms. The molecule has 4 aliphatic rings. The average molecular weight is 940 g/mol. The number of amides is 2. The fourth-order valence-electron chi connectivity index (χ4n) is 10.2. The molecular weight excluding hydrogens is 915 g/mol. The molecule has 2 spiro atoms. The van der Waals surface area contributed by atoms with E-state index in [1.807, 2.05) is 0 Å². The topological polar surface area (TPSA) is 198 Å². The molecule has 0 fully saturated rings. The summed E-state index contributed by atoms with van der Waals surface area (Å²) in [5.41, 5.74) is -4.61. The highest BCUT2D eigenvalue weighted by atomic mass is 35.5. The zero-order valence-electron chi connectivity index (χ0n) is 34.4. The first-order valence-electron chi connectivity index (χ1n) is 20.8. The summed E-state index contributed by atoms with van der Waals surface area (Å²) >= 11 is 12.6. The van der Waals surface area contributed by atoms with E-state index in [1.165, 1.54) is 0 Å². The molecule has 0 saturated heterocycles. The van der Waals surface area contributed by atoms with E-state index in [-0.39, 0.29) is 45.3 Å². The first-order chi connectivity index (χ1) is 33.0. The molecule has 14 rings (SSSR count). The number of nitrogens with one attached hydrogen (secondary N) is 2. The molecule has 4 aromatic heterocycles. The van der Waals surface area contributed by atoms with Crippen LogP contribution in [-0.4, -0.2) is 11.8 Å². The maximum absolute atomic E-state index is 13.9. The second kappa shape index (κ2) is 13.9.